The smallest absolute Gasteiger partial charge is 0.273 e. The monoisotopic (exact) mass is 439 g/mol. The van der Waals surface area contributed by atoms with Crippen LogP contribution in [0.4, 0.5) is 11.4 Å². The van der Waals surface area contributed by atoms with Crippen LogP contribution in [0, 0.1) is 17.0 Å². The quantitative estimate of drug-likeness (QED) is 0.410. The molecule has 0 aliphatic heterocycles. The van der Waals surface area contributed by atoms with E-state index in [-0.39, 0.29) is 21.8 Å². The highest BCUT2D eigenvalue weighted by molar-refractivity contribution is 7.92. The third-order valence-corrected chi connectivity index (χ3v) is 6.01. The number of nitrogens with one attached hydrogen (secondary N) is 2. The molecular weight excluding hydrogens is 418 g/mol. The molecule has 0 unspecified atom stereocenters. The van der Waals surface area contributed by atoms with Gasteiger partial charge in [0, 0.05) is 18.2 Å². The van der Waals surface area contributed by atoms with Crippen molar-refractivity contribution in [2.24, 2.45) is 0 Å². The van der Waals surface area contributed by atoms with Crippen molar-refractivity contribution in [1.29, 1.82) is 0 Å². The van der Waals surface area contributed by atoms with Gasteiger partial charge in [-0.15, -0.1) is 0 Å². The number of hydrogen-bond donors (Lipinski definition) is 2. The molecule has 0 fully saturated rings. The molecule has 0 aliphatic rings. The van der Waals surface area contributed by atoms with E-state index in [1.807, 2.05) is 30.3 Å². The van der Waals surface area contributed by atoms with Gasteiger partial charge in [-0.05, 0) is 37.1 Å². The summed E-state index contributed by atoms with van der Waals surface area (Å²) in [5.41, 5.74) is 1.36. The SMILES string of the molecule is Cc1ccc(S(=O)(=O)Nc2ccccc2C(=O)NCCc2ccccc2)cc1[N+](=O)[O-]. The molecule has 0 heterocycles. The summed E-state index contributed by atoms with van der Waals surface area (Å²) in [5, 5.41) is 13.9. The van der Waals surface area contributed by atoms with E-state index < -0.39 is 20.9 Å². The molecule has 0 saturated heterocycles. The first-order valence-electron chi connectivity index (χ1n) is 9.47. The molecule has 3 aromatic carbocycles. The highest BCUT2D eigenvalue weighted by Crippen LogP contribution is 2.25. The summed E-state index contributed by atoms with van der Waals surface area (Å²) in [6, 6.07) is 19.5. The number of amides is 1. The Balaban J connectivity index is 1.77. The summed E-state index contributed by atoms with van der Waals surface area (Å²) in [5.74, 6) is -0.427. The lowest BCUT2D eigenvalue weighted by molar-refractivity contribution is -0.385. The first-order valence-corrected chi connectivity index (χ1v) is 11.0. The van der Waals surface area contributed by atoms with Crippen LogP contribution in [0.25, 0.3) is 0 Å². The van der Waals surface area contributed by atoms with Crippen LogP contribution < -0.4 is 10.0 Å². The van der Waals surface area contributed by atoms with Gasteiger partial charge in [-0.3, -0.25) is 19.6 Å². The number of hydrogen-bond acceptors (Lipinski definition) is 5. The van der Waals surface area contributed by atoms with Crippen LogP contribution in [0.3, 0.4) is 0 Å². The molecule has 0 saturated carbocycles. The summed E-state index contributed by atoms with van der Waals surface area (Å²) in [6.07, 6.45) is 0.632. The Bertz CT molecular complexity index is 1210. The number of aryl methyl sites for hydroxylation is 1. The van der Waals surface area contributed by atoms with E-state index >= 15 is 0 Å². The van der Waals surface area contributed by atoms with Crippen molar-refractivity contribution in [3.8, 4) is 0 Å². The molecule has 0 bridgehead atoms. The Morgan fingerprint density at radius 3 is 2.39 bits per heavy atom. The average Bonchev–Trinajstić information content (AvgIpc) is 2.74. The molecule has 0 radical (unpaired) electrons. The van der Waals surface area contributed by atoms with Gasteiger partial charge in [-0.1, -0.05) is 48.5 Å². The number of rotatable bonds is 8. The fourth-order valence-corrected chi connectivity index (χ4v) is 4.09. The highest BCUT2D eigenvalue weighted by Gasteiger charge is 2.22. The molecule has 3 rings (SSSR count). The number of nitro groups is 1. The Morgan fingerprint density at radius 1 is 1.00 bits per heavy atom. The number of anilines is 1. The Hall–Kier alpha value is -3.72. The van der Waals surface area contributed by atoms with E-state index in [0.717, 1.165) is 11.6 Å². The topological polar surface area (TPSA) is 118 Å². The van der Waals surface area contributed by atoms with E-state index in [2.05, 4.69) is 10.0 Å². The van der Waals surface area contributed by atoms with Crippen molar-refractivity contribution in [3.05, 3.63) is 99.6 Å². The molecule has 0 atom stereocenters. The lowest BCUT2D eigenvalue weighted by Gasteiger charge is -2.13. The summed E-state index contributed by atoms with van der Waals surface area (Å²) in [7, 11) is -4.14. The van der Waals surface area contributed by atoms with Gasteiger partial charge in [0.15, 0.2) is 0 Å². The van der Waals surface area contributed by atoms with E-state index in [1.165, 1.54) is 31.2 Å². The maximum atomic E-state index is 12.8. The van der Waals surface area contributed by atoms with Gasteiger partial charge < -0.3 is 5.32 Å². The molecule has 0 aliphatic carbocycles. The first-order chi connectivity index (χ1) is 14.8. The summed E-state index contributed by atoms with van der Waals surface area (Å²) < 4.78 is 28.0. The second-order valence-electron chi connectivity index (χ2n) is 6.85. The molecule has 8 nitrogen and oxygen atoms in total. The van der Waals surface area contributed by atoms with Crippen molar-refractivity contribution < 1.29 is 18.1 Å². The maximum absolute atomic E-state index is 12.8. The normalized spacial score (nSPS) is 11.0. The zero-order chi connectivity index (χ0) is 22.4. The second-order valence-corrected chi connectivity index (χ2v) is 8.53. The molecule has 9 heteroatoms. The van der Waals surface area contributed by atoms with Crippen LogP contribution in [0.15, 0.2) is 77.7 Å². The highest BCUT2D eigenvalue weighted by atomic mass is 32.2. The van der Waals surface area contributed by atoms with E-state index in [4.69, 9.17) is 0 Å². The zero-order valence-corrected chi connectivity index (χ0v) is 17.6. The molecule has 1 amide bonds. The van der Waals surface area contributed by atoms with Gasteiger partial charge in [0.25, 0.3) is 21.6 Å². The van der Waals surface area contributed by atoms with Crippen LogP contribution in [0.5, 0.6) is 0 Å². The number of carbonyl (C=O) groups excluding carboxylic acids is 1. The largest absolute Gasteiger partial charge is 0.352 e. The van der Waals surface area contributed by atoms with Gasteiger partial charge in [-0.2, -0.15) is 0 Å². The molecule has 31 heavy (non-hydrogen) atoms. The van der Waals surface area contributed by atoms with Gasteiger partial charge in [0.2, 0.25) is 0 Å². The lowest BCUT2D eigenvalue weighted by atomic mass is 10.1. The maximum Gasteiger partial charge on any atom is 0.273 e. The fourth-order valence-electron chi connectivity index (χ4n) is 2.99. The Morgan fingerprint density at radius 2 is 1.68 bits per heavy atom. The minimum Gasteiger partial charge on any atom is -0.352 e. The van der Waals surface area contributed by atoms with Crippen LogP contribution in [0.2, 0.25) is 0 Å². The predicted molar refractivity (Wildman–Crippen MR) is 118 cm³/mol. The summed E-state index contributed by atoms with van der Waals surface area (Å²) >= 11 is 0. The molecule has 2 N–H and O–H groups in total. The van der Waals surface area contributed by atoms with Gasteiger partial charge >= 0.3 is 0 Å². The molecular formula is C22H21N3O5S. The number of para-hydroxylation sites is 1. The standard InChI is InChI=1S/C22H21N3O5S/c1-16-11-12-18(15-21(16)25(27)28)31(29,30)24-20-10-6-5-9-19(20)22(26)23-14-13-17-7-3-2-4-8-17/h2-12,15,24H,13-14H2,1H3,(H,23,26). The van der Waals surface area contributed by atoms with Crippen molar-refractivity contribution in [1.82, 2.24) is 5.32 Å². The second kappa shape index (κ2) is 9.40. The number of sulfonamides is 1. The Labute approximate surface area is 180 Å². The van der Waals surface area contributed by atoms with E-state index in [9.17, 15) is 23.3 Å². The first kappa shape index (κ1) is 22.0. The molecule has 3 aromatic rings. The van der Waals surface area contributed by atoms with Gasteiger partial charge in [0.1, 0.15) is 0 Å². The molecule has 160 valence electrons. The number of carbonyl (C=O) groups is 1. The van der Waals surface area contributed by atoms with Crippen LogP contribution in [0.1, 0.15) is 21.5 Å². The van der Waals surface area contributed by atoms with Gasteiger partial charge in [0.05, 0.1) is 21.1 Å². The third kappa shape index (κ3) is 5.46. The van der Waals surface area contributed by atoms with Crippen molar-refractivity contribution in [3.63, 3.8) is 0 Å². The van der Waals surface area contributed by atoms with Crippen molar-refractivity contribution >= 4 is 27.3 Å². The van der Waals surface area contributed by atoms with Crippen LogP contribution >= 0.6 is 0 Å². The molecule has 0 spiro atoms. The number of benzene rings is 3. The fraction of sp³-hybridized carbons (Fsp3) is 0.136. The van der Waals surface area contributed by atoms with E-state index in [0.29, 0.717) is 18.5 Å². The lowest BCUT2D eigenvalue weighted by Crippen LogP contribution is -2.27. The Kier molecular flexibility index (Phi) is 6.66. The van der Waals surface area contributed by atoms with Crippen molar-refractivity contribution in [2.75, 3.05) is 11.3 Å². The zero-order valence-electron chi connectivity index (χ0n) is 16.7. The minimum atomic E-state index is -4.14. The summed E-state index contributed by atoms with van der Waals surface area (Å²) in [6.45, 7) is 1.91. The summed E-state index contributed by atoms with van der Waals surface area (Å²) in [4.78, 5) is 22.9. The molecule has 0 aromatic heterocycles. The number of nitrogens with zero attached hydrogens (tertiary/aromatic N) is 1. The predicted octanol–water partition coefficient (Wildman–Crippen LogP) is 3.68. The average molecular weight is 439 g/mol. The third-order valence-electron chi connectivity index (χ3n) is 4.65. The van der Waals surface area contributed by atoms with Crippen molar-refractivity contribution in [2.45, 2.75) is 18.2 Å². The van der Waals surface area contributed by atoms with Crippen LogP contribution in [-0.4, -0.2) is 25.8 Å². The van der Waals surface area contributed by atoms with Gasteiger partial charge in [-0.25, -0.2) is 8.42 Å². The minimum absolute atomic E-state index is 0.0861. The van der Waals surface area contributed by atoms with Crippen LogP contribution in [-0.2, 0) is 16.4 Å². The van der Waals surface area contributed by atoms with E-state index in [1.54, 1.807) is 12.1 Å². The number of nitro benzene ring substituents is 1.